The van der Waals surface area contributed by atoms with Crippen LogP contribution in [-0.2, 0) is 4.79 Å². The number of carbonyl (C=O) groups excluding carboxylic acids is 1. The molecule has 1 aromatic carbocycles. The van der Waals surface area contributed by atoms with Gasteiger partial charge in [-0.3, -0.25) is 4.79 Å². The standard InChI is InChI=1S/C14H17NO/c1-11(2)14-8-6-13(7-9-14)5-4-10-15-12(3)16/h6-9,11H,10H2,1-3H3,(H,15,16). The first kappa shape index (κ1) is 12.3. The molecule has 0 bridgehead atoms. The molecule has 0 spiro atoms. The van der Waals surface area contributed by atoms with Gasteiger partial charge in [0.2, 0.25) is 5.91 Å². The predicted molar refractivity (Wildman–Crippen MR) is 66.1 cm³/mol. The van der Waals surface area contributed by atoms with Crippen LogP contribution in [0.1, 0.15) is 37.8 Å². The molecule has 0 heterocycles. The average molecular weight is 215 g/mol. The molecular weight excluding hydrogens is 198 g/mol. The number of hydrogen-bond acceptors (Lipinski definition) is 1. The maximum atomic E-state index is 10.6. The second-order valence-electron chi connectivity index (χ2n) is 3.99. The van der Waals surface area contributed by atoms with Gasteiger partial charge in [-0.05, 0) is 23.6 Å². The van der Waals surface area contributed by atoms with Crippen LogP contribution >= 0.6 is 0 Å². The van der Waals surface area contributed by atoms with Crippen LogP contribution < -0.4 is 5.32 Å². The van der Waals surface area contributed by atoms with E-state index < -0.39 is 0 Å². The zero-order chi connectivity index (χ0) is 12.0. The molecule has 0 saturated heterocycles. The molecule has 0 aliphatic carbocycles. The fourth-order valence-corrected chi connectivity index (χ4v) is 1.27. The van der Waals surface area contributed by atoms with E-state index in [0.29, 0.717) is 12.5 Å². The SMILES string of the molecule is CC(=O)NCC#Cc1ccc(C(C)C)cc1. The van der Waals surface area contributed by atoms with Crippen molar-refractivity contribution in [1.82, 2.24) is 5.32 Å². The molecule has 1 aromatic rings. The number of carbonyl (C=O) groups is 1. The van der Waals surface area contributed by atoms with Gasteiger partial charge >= 0.3 is 0 Å². The second kappa shape index (κ2) is 5.97. The quantitative estimate of drug-likeness (QED) is 0.753. The van der Waals surface area contributed by atoms with Crippen LogP contribution in [0.3, 0.4) is 0 Å². The Morgan fingerprint density at radius 1 is 1.31 bits per heavy atom. The molecule has 16 heavy (non-hydrogen) atoms. The molecular formula is C14H17NO. The van der Waals surface area contributed by atoms with Crippen molar-refractivity contribution in [2.75, 3.05) is 6.54 Å². The van der Waals surface area contributed by atoms with Crippen molar-refractivity contribution in [3.63, 3.8) is 0 Å². The minimum atomic E-state index is -0.0514. The van der Waals surface area contributed by atoms with E-state index in [0.717, 1.165) is 5.56 Å². The topological polar surface area (TPSA) is 29.1 Å². The van der Waals surface area contributed by atoms with Gasteiger partial charge < -0.3 is 5.32 Å². The highest BCUT2D eigenvalue weighted by molar-refractivity contribution is 5.73. The van der Waals surface area contributed by atoms with E-state index in [-0.39, 0.29) is 5.91 Å². The molecule has 0 aliphatic heterocycles. The van der Waals surface area contributed by atoms with Gasteiger partial charge in [0.05, 0.1) is 6.54 Å². The van der Waals surface area contributed by atoms with Gasteiger partial charge in [0.1, 0.15) is 0 Å². The molecule has 1 amide bonds. The van der Waals surface area contributed by atoms with E-state index in [2.05, 4.69) is 43.1 Å². The highest BCUT2D eigenvalue weighted by atomic mass is 16.1. The Morgan fingerprint density at radius 2 is 1.94 bits per heavy atom. The highest BCUT2D eigenvalue weighted by Gasteiger charge is 1.96. The van der Waals surface area contributed by atoms with Crippen molar-refractivity contribution in [2.24, 2.45) is 0 Å². The van der Waals surface area contributed by atoms with Crippen LogP contribution in [0.15, 0.2) is 24.3 Å². The molecule has 0 aliphatic rings. The molecule has 0 aromatic heterocycles. The first-order valence-corrected chi connectivity index (χ1v) is 5.43. The minimum absolute atomic E-state index is 0.0514. The van der Waals surface area contributed by atoms with Gasteiger partial charge in [0.25, 0.3) is 0 Å². The lowest BCUT2D eigenvalue weighted by Gasteiger charge is -2.03. The summed E-state index contributed by atoms with van der Waals surface area (Å²) in [4.78, 5) is 10.6. The van der Waals surface area contributed by atoms with Crippen LogP contribution in [0.4, 0.5) is 0 Å². The highest BCUT2D eigenvalue weighted by Crippen LogP contribution is 2.13. The van der Waals surface area contributed by atoms with Crippen LogP contribution in [0.2, 0.25) is 0 Å². The molecule has 2 nitrogen and oxygen atoms in total. The van der Waals surface area contributed by atoms with Gasteiger partial charge in [-0.15, -0.1) is 0 Å². The first-order chi connectivity index (χ1) is 7.59. The van der Waals surface area contributed by atoms with Crippen molar-refractivity contribution >= 4 is 5.91 Å². The molecule has 1 N–H and O–H groups in total. The predicted octanol–water partition coefficient (Wildman–Crippen LogP) is 2.30. The Balaban J connectivity index is 2.58. The number of rotatable bonds is 2. The van der Waals surface area contributed by atoms with Gasteiger partial charge in [0.15, 0.2) is 0 Å². The smallest absolute Gasteiger partial charge is 0.217 e. The normalized spacial score (nSPS) is 9.50. The molecule has 2 heteroatoms. The fraction of sp³-hybridized carbons (Fsp3) is 0.357. The summed E-state index contributed by atoms with van der Waals surface area (Å²) in [5.41, 5.74) is 2.29. The summed E-state index contributed by atoms with van der Waals surface area (Å²) in [5, 5.41) is 2.63. The Bertz CT molecular complexity index is 407. The first-order valence-electron chi connectivity index (χ1n) is 5.43. The minimum Gasteiger partial charge on any atom is -0.345 e. The van der Waals surface area contributed by atoms with E-state index in [1.54, 1.807) is 0 Å². The van der Waals surface area contributed by atoms with Gasteiger partial charge in [-0.1, -0.05) is 37.8 Å². The fourth-order valence-electron chi connectivity index (χ4n) is 1.27. The number of hydrogen-bond donors (Lipinski definition) is 1. The third kappa shape index (κ3) is 4.18. The summed E-state index contributed by atoms with van der Waals surface area (Å²) in [5.74, 6) is 6.39. The Labute approximate surface area is 97.1 Å². The molecule has 0 saturated carbocycles. The van der Waals surface area contributed by atoms with E-state index in [1.165, 1.54) is 12.5 Å². The molecule has 84 valence electrons. The Kier molecular flexibility index (Phi) is 4.60. The van der Waals surface area contributed by atoms with E-state index in [9.17, 15) is 4.79 Å². The van der Waals surface area contributed by atoms with Crippen LogP contribution in [0, 0.1) is 11.8 Å². The van der Waals surface area contributed by atoms with Crippen LogP contribution in [-0.4, -0.2) is 12.5 Å². The average Bonchev–Trinajstić information content (AvgIpc) is 2.25. The molecule has 1 rings (SSSR count). The maximum absolute atomic E-state index is 10.6. The van der Waals surface area contributed by atoms with Crippen molar-refractivity contribution < 1.29 is 4.79 Å². The Hall–Kier alpha value is -1.75. The van der Waals surface area contributed by atoms with E-state index in [4.69, 9.17) is 0 Å². The lowest BCUT2D eigenvalue weighted by molar-refractivity contribution is -0.118. The van der Waals surface area contributed by atoms with Crippen molar-refractivity contribution in [3.8, 4) is 11.8 Å². The van der Waals surface area contributed by atoms with Gasteiger partial charge in [0, 0.05) is 12.5 Å². The lowest BCUT2D eigenvalue weighted by Crippen LogP contribution is -2.19. The third-order valence-electron chi connectivity index (χ3n) is 2.24. The van der Waals surface area contributed by atoms with Gasteiger partial charge in [-0.25, -0.2) is 0 Å². The number of amides is 1. The number of nitrogens with one attached hydrogen (secondary N) is 1. The van der Waals surface area contributed by atoms with E-state index in [1.807, 2.05) is 12.1 Å². The second-order valence-corrected chi connectivity index (χ2v) is 3.99. The summed E-state index contributed by atoms with van der Waals surface area (Å²) >= 11 is 0. The Morgan fingerprint density at radius 3 is 2.44 bits per heavy atom. The summed E-state index contributed by atoms with van der Waals surface area (Å²) in [6, 6.07) is 8.20. The van der Waals surface area contributed by atoms with Crippen LogP contribution in [0.25, 0.3) is 0 Å². The summed E-state index contributed by atoms with van der Waals surface area (Å²) in [6.45, 7) is 6.22. The summed E-state index contributed by atoms with van der Waals surface area (Å²) in [6.07, 6.45) is 0. The maximum Gasteiger partial charge on any atom is 0.217 e. The van der Waals surface area contributed by atoms with Gasteiger partial charge in [-0.2, -0.15) is 0 Å². The van der Waals surface area contributed by atoms with Crippen molar-refractivity contribution in [2.45, 2.75) is 26.7 Å². The zero-order valence-electron chi connectivity index (χ0n) is 10.0. The molecule has 0 unspecified atom stereocenters. The zero-order valence-corrected chi connectivity index (χ0v) is 10.0. The summed E-state index contributed by atoms with van der Waals surface area (Å²) < 4.78 is 0. The van der Waals surface area contributed by atoms with E-state index >= 15 is 0 Å². The van der Waals surface area contributed by atoms with Crippen LogP contribution in [0.5, 0.6) is 0 Å². The monoisotopic (exact) mass is 215 g/mol. The molecule has 0 radical (unpaired) electrons. The van der Waals surface area contributed by atoms with Crippen molar-refractivity contribution in [1.29, 1.82) is 0 Å². The molecule has 0 atom stereocenters. The molecule has 0 fully saturated rings. The number of benzene rings is 1. The largest absolute Gasteiger partial charge is 0.345 e. The third-order valence-corrected chi connectivity index (χ3v) is 2.24. The lowest BCUT2D eigenvalue weighted by atomic mass is 10.0. The van der Waals surface area contributed by atoms with Crippen molar-refractivity contribution in [3.05, 3.63) is 35.4 Å². The summed E-state index contributed by atoms with van der Waals surface area (Å²) in [7, 11) is 0.